The molecule has 1 unspecified atom stereocenters. The lowest BCUT2D eigenvalue weighted by Gasteiger charge is -2.29. The molecule has 0 spiro atoms. The van der Waals surface area contributed by atoms with Gasteiger partial charge in [0.1, 0.15) is 6.04 Å². The minimum atomic E-state index is -3.85. The highest BCUT2D eigenvalue weighted by Gasteiger charge is 2.36. The van der Waals surface area contributed by atoms with E-state index in [0.717, 1.165) is 15.6 Å². The molecule has 2 rings (SSSR count). The summed E-state index contributed by atoms with van der Waals surface area (Å²) < 4.78 is 26.6. The third-order valence-corrected chi connectivity index (χ3v) is 5.58. The van der Waals surface area contributed by atoms with Crippen molar-refractivity contribution in [1.82, 2.24) is 4.31 Å². The molecule has 120 valence electrons. The molecule has 6 nitrogen and oxygen atoms in total. The zero-order valence-electron chi connectivity index (χ0n) is 12.9. The van der Waals surface area contributed by atoms with Gasteiger partial charge >= 0.3 is 5.97 Å². The summed E-state index contributed by atoms with van der Waals surface area (Å²) in [5.41, 5.74) is 1.75. The van der Waals surface area contributed by atoms with Gasteiger partial charge in [0.05, 0.1) is 4.90 Å². The Morgan fingerprint density at radius 3 is 2.59 bits per heavy atom. The Morgan fingerprint density at radius 1 is 1.32 bits per heavy atom. The molecule has 1 atom stereocenters. The van der Waals surface area contributed by atoms with Crippen molar-refractivity contribution in [3.63, 3.8) is 0 Å². The quantitative estimate of drug-likeness (QED) is 0.849. The Hall–Kier alpha value is -1.86. The van der Waals surface area contributed by atoms with Gasteiger partial charge in [-0.15, -0.1) is 0 Å². The van der Waals surface area contributed by atoms with Crippen molar-refractivity contribution in [1.29, 1.82) is 0 Å². The lowest BCUT2D eigenvalue weighted by molar-refractivity contribution is -0.141. The minimum absolute atomic E-state index is 0.0739. The highest BCUT2D eigenvalue weighted by molar-refractivity contribution is 7.89. The van der Waals surface area contributed by atoms with Gasteiger partial charge in [0.2, 0.25) is 10.0 Å². The molecule has 0 aliphatic carbocycles. The number of aryl methyl sites for hydroxylation is 1. The second kappa shape index (κ2) is 6.10. The number of nitrogens with zero attached hydrogens (tertiary/aromatic N) is 2. The van der Waals surface area contributed by atoms with E-state index in [1.54, 1.807) is 24.3 Å². The van der Waals surface area contributed by atoms with Crippen molar-refractivity contribution < 1.29 is 18.3 Å². The first-order chi connectivity index (χ1) is 10.2. The Labute approximate surface area is 130 Å². The number of sulfonamides is 1. The number of carboxylic acids is 1. The van der Waals surface area contributed by atoms with E-state index in [2.05, 4.69) is 0 Å². The molecule has 0 bridgehead atoms. The molecule has 7 heteroatoms. The average Bonchev–Trinajstić information content (AvgIpc) is 2.47. The maximum atomic E-state index is 12.8. The van der Waals surface area contributed by atoms with E-state index < -0.39 is 22.0 Å². The largest absolute Gasteiger partial charge is 0.480 e. The smallest absolute Gasteiger partial charge is 0.322 e. The van der Waals surface area contributed by atoms with Gasteiger partial charge in [-0.2, -0.15) is 4.31 Å². The number of aliphatic carboxylic acids is 1. The van der Waals surface area contributed by atoms with Gasteiger partial charge < -0.3 is 10.0 Å². The molecule has 0 aromatic heterocycles. The van der Waals surface area contributed by atoms with Crippen LogP contribution in [0.2, 0.25) is 0 Å². The number of benzene rings is 1. The maximum Gasteiger partial charge on any atom is 0.322 e. The van der Waals surface area contributed by atoms with Crippen molar-refractivity contribution in [2.24, 2.45) is 0 Å². The summed E-state index contributed by atoms with van der Waals surface area (Å²) in [6.45, 7) is 1.97. The lowest BCUT2D eigenvalue weighted by Crippen LogP contribution is -2.46. The summed E-state index contributed by atoms with van der Waals surface area (Å²) in [6, 6.07) is 3.79. The van der Waals surface area contributed by atoms with Crippen LogP contribution >= 0.6 is 0 Å². The van der Waals surface area contributed by atoms with Crippen molar-refractivity contribution in [3.05, 3.63) is 35.9 Å². The number of carboxylic acid groups (broad SMARTS) is 1. The SMILES string of the molecule is Cc1ccc(S(=O)(=O)N2CC=CCC2C(=O)O)cc1N(C)C. The van der Waals surface area contributed by atoms with Crippen molar-refractivity contribution in [3.8, 4) is 0 Å². The van der Waals surface area contributed by atoms with Crippen molar-refractivity contribution >= 4 is 21.7 Å². The van der Waals surface area contributed by atoms with Crippen LogP contribution in [0.25, 0.3) is 0 Å². The lowest BCUT2D eigenvalue weighted by atomic mass is 10.1. The predicted molar refractivity (Wildman–Crippen MR) is 84.6 cm³/mol. The van der Waals surface area contributed by atoms with E-state index in [9.17, 15) is 18.3 Å². The van der Waals surface area contributed by atoms with Crippen LogP contribution in [-0.4, -0.2) is 50.5 Å². The van der Waals surface area contributed by atoms with Gasteiger partial charge in [-0.1, -0.05) is 18.2 Å². The number of hydrogen-bond donors (Lipinski definition) is 1. The summed E-state index contributed by atoms with van der Waals surface area (Å²) >= 11 is 0. The van der Waals surface area contributed by atoms with Crippen LogP contribution in [-0.2, 0) is 14.8 Å². The molecular weight excluding hydrogens is 304 g/mol. The summed E-state index contributed by atoms with van der Waals surface area (Å²) in [6.07, 6.45) is 3.56. The van der Waals surface area contributed by atoms with Crippen LogP contribution in [0.3, 0.4) is 0 Å². The van der Waals surface area contributed by atoms with Crippen LogP contribution in [0.4, 0.5) is 5.69 Å². The summed E-state index contributed by atoms with van der Waals surface area (Å²) in [4.78, 5) is 13.3. The number of anilines is 1. The van der Waals surface area contributed by atoms with E-state index >= 15 is 0 Å². The monoisotopic (exact) mass is 324 g/mol. The Balaban J connectivity index is 2.48. The Bertz CT molecular complexity index is 710. The molecule has 0 amide bonds. The molecule has 0 radical (unpaired) electrons. The molecule has 1 aromatic carbocycles. The van der Waals surface area contributed by atoms with Crippen molar-refractivity contribution in [2.45, 2.75) is 24.3 Å². The Kier molecular flexibility index (Phi) is 4.58. The molecular formula is C15H20N2O4S. The summed E-state index contributed by atoms with van der Waals surface area (Å²) in [5, 5.41) is 9.26. The fourth-order valence-electron chi connectivity index (χ4n) is 2.50. The molecule has 1 aliphatic rings. The highest BCUT2D eigenvalue weighted by atomic mass is 32.2. The van der Waals surface area contributed by atoms with E-state index in [-0.39, 0.29) is 17.9 Å². The van der Waals surface area contributed by atoms with Gasteiger partial charge in [0, 0.05) is 26.3 Å². The summed E-state index contributed by atoms with van der Waals surface area (Å²) in [7, 11) is -0.183. The van der Waals surface area contributed by atoms with Crippen LogP contribution in [0.1, 0.15) is 12.0 Å². The van der Waals surface area contributed by atoms with Crippen LogP contribution < -0.4 is 4.90 Å². The number of carbonyl (C=O) groups is 1. The van der Waals surface area contributed by atoms with E-state index in [1.165, 1.54) is 6.07 Å². The molecule has 1 aromatic rings. The second-order valence-corrected chi connectivity index (χ2v) is 7.37. The molecule has 1 aliphatic heterocycles. The third-order valence-electron chi connectivity index (χ3n) is 3.71. The topological polar surface area (TPSA) is 77.9 Å². The van der Waals surface area contributed by atoms with Crippen LogP contribution in [0, 0.1) is 6.92 Å². The molecule has 0 saturated heterocycles. The van der Waals surface area contributed by atoms with Gasteiger partial charge in [0.25, 0.3) is 0 Å². The molecule has 1 N–H and O–H groups in total. The van der Waals surface area contributed by atoms with Crippen LogP contribution in [0.5, 0.6) is 0 Å². The normalized spacial score (nSPS) is 19.1. The predicted octanol–water partition coefficient (Wildman–Crippen LogP) is 1.46. The Morgan fingerprint density at radius 2 is 2.00 bits per heavy atom. The van der Waals surface area contributed by atoms with Gasteiger partial charge in [-0.05, 0) is 31.0 Å². The second-order valence-electron chi connectivity index (χ2n) is 5.48. The van der Waals surface area contributed by atoms with Gasteiger partial charge in [0.15, 0.2) is 0 Å². The van der Waals surface area contributed by atoms with Gasteiger partial charge in [-0.3, -0.25) is 4.79 Å². The molecule has 0 saturated carbocycles. The fourth-order valence-corrected chi connectivity index (χ4v) is 4.07. The number of rotatable bonds is 4. The first-order valence-electron chi connectivity index (χ1n) is 6.93. The molecule has 0 fully saturated rings. The molecule has 22 heavy (non-hydrogen) atoms. The molecule has 1 heterocycles. The average molecular weight is 324 g/mol. The first-order valence-corrected chi connectivity index (χ1v) is 8.37. The zero-order chi connectivity index (χ0) is 16.5. The van der Waals surface area contributed by atoms with Gasteiger partial charge in [-0.25, -0.2) is 8.42 Å². The zero-order valence-corrected chi connectivity index (χ0v) is 13.7. The van der Waals surface area contributed by atoms with E-state index in [1.807, 2.05) is 25.9 Å². The third kappa shape index (κ3) is 3.00. The number of hydrogen-bond acceptors (Lipinski definition) is 4. The van der Waals surface area contributed by atoms with E-state index in [4.69, 9.17) is 0 Å². The standard InChI is InChI=1S/C15H20N2O4S/c1-11-7-8-12(10-14(11)16(2)3)22(20,21)17-9-5-4-6-13(17)15(18)19/h4-5,7-8,10,13H,6,9H2,1-3H3,(H,18,19). The first kappa shape index (κ1) is 16.5. The highest BCUT2D eigenvalue weighted by Crippen LogP contribution is 2.27. The van der Waals surface area contributed by atoms with Crippen molar-refractivity contribution in [2.75, 3.05) is 25.5 Å². The summed E-state index contributed by atoms with van der Waals surface area (Å²) in [5.74, 6) is -1.13. The van der Waals surface area contributed by atoms with E-state index in [0.29, 0.717) is 0 Å². The maximum absolute atomic E-state index is 12.8. The van der Waals surface area contributed by atoms with Crippen LogP contribution in [0.15, 0.2) is 35.2 Å². The fraction of sp³-hybridized carbons (Fsp3) is 0.400. The minimum Gasteiger partial charge on any atom is -0.480 e.